The third-order valence-electron chi connectivity index (χ3n) is 3.22. The summed E-state index contributed by atoms with van der Waals surface area (Å²) in [5.41, 5.74) is 0. The summed E-state index contributed by atoms with van der Waals surface area (Å²) in [7, 11) is -1.09. The first-order valence-corrected chi connectivity index (χ1v) is 7.43. The zero-order valence-corrected chi connectivity index (χ0v) is 11.3. The molecule has 0 aromatic heterocycles. The molecule has 0 aromatic carbocycles. The molecule has 16 heavy (non-hydrogen) atoms. The van der Waals surface area contributed by atoms with Gasteiger partial charge in [0.1, 0.15) is 0 Å². The van der Waals surface area contributed by atoms with Gasteiger partial charge in [-0.15, -0.1) is 0 Å². The van der Waals surface area contributed by atoms with Crippen molar-refractivity contribution in [2.24, 2.45) is 11.8 Å². The fraction of sp³-hybridized carbons (Fsp3) is 0.909. The quantitative estimate of drug-likeness (QED) is 0.733. The summed E-state index contributed by atoms with van der Waals surface area (Å²) >= 11 is 0. The Labute approximate surface area is 99.7 Å². The summed E-state index contributed by atoms with van der Waals surface area (Å²) in [5, 5.41) is 0. The third kappa shape index (κ3) is 3.71. The Morgan fingerprint density at radius 1 is 1.19 bits per heavy atom. The Balaban J connectivity index is 2.57. The van der Waals surface area contributed by atoms with Crippen LogP contribution in [-0.4, -0.2) is 56.6 Å². The van der Waals surface area contributed by atoms with Crippen molar-refractivity contribution in [3.8, 4) is 0 Å². The van der Waals surface area contributed by atoms with Gasteiger partial charge in [-0.2, -0.15) is 4.31 Å². The average Bonchev–Trinajstić information content (AvgIpc) is 2.17. The molecule has 5 heteroatoms. The molecule has 1 aliphatic rings. The topological polar surface area (TPSA) is 40.6 Å². The first-order valence-electron chi connectivity index (χ1n) is 5.82. The Hall–Kier alpha value is -0.130. The monoisotopic (exact) mass is 247 g/mol. The van der Waals surface area contributed by atoms with E-state index in [1.54, 1.807) is 4.31 Å². The van der Waals surface area contributed by atoms with Crippen LogP contribution >= 0.6 is 0 Å². The van der Waals surface area contributed by atoms with Gasteiger partial charge < -0.3 is 4.90 Å². The number of rotatable bonds is 4. The van der Waals surface area contributed by atoms with Gasteiger partial charge in [0.2, 0.25) is 10.0 Å². The van der Waals surface area contributed by atoms with E-state index in [0.717, 1.165) is 13.1 Å². The number of nitrogens with zero attached hydrogens (tertiary/aromatic N) is 2. The minimum atomic E-state index is -3.11. The van der Waals surface area contributed by atoms with Crippen LogP contribution in [0.3, 0.4) is 0 Å². The molecule has 1 heterocycles. The molecule has 1 radical (unpaired) electrons. The molecule has 0 amide bonds. The van der Waals surface area contributed by atoms with Crippen molar-refractivity contribution in [2.45, 2.75) is 13.8 Å². The molecule has 1 rings (SSSR count). The van der Waals surface area contributed by atoms with Crippen molar-refractivity contribution >= 4 is 10.0 Å². The second-order valence-electron chi connectivity index (χ2n) is 4.98. The van der Waals surface area contributed by atoms with E-state index < -0.39 is 10.0 Å². The summed E-state index contributed by atoms with van der Waals surface area (Å²) in [4.78, 5) is 2.15. The normalized spacial score (nSPS) is 22.6. The number of hydrogen-bond donors (Lipinski definition) is 0. The van der Waals surface area contributed by atoms with Crippen molar-refractivity contribution in [1.82, 2.24) is 9.21 Å². The van der Waals surface area contributed by atoms with Gasteiger partial charge in [0, 0.05) is 26.2 Å². The van der Waals surface area contributed by atoms with Gasteiger partial charge in [-0.05, 0) is 25.8 Å². The van der Waals surface area contributed by atoms with Crippen LogP contribution < -0.4 is 0 Å². The molecule has 0 saturated carbocycles. The summed E-state index contributed by atoms with van der Waals surface area (Å²) in [6.07, 6.45) is 0. The van der Waals surface area contributed by atoms with E-state index in [0.29, 0.717) is 19.0 Å². The van der Waals surface area contributed by atoms with Gasteiger partial charge in [-0.3, -0.25) is 0 Å². The van der Waals surface area contributed by atoms with E-state index in [4.69, 9.17) is 0 Å². The van der Waals surface area contributed by atoms with Gasteiger partial charge in [-0.25, -0.2) is 8.42 Å². The Bertz CT molecular complexity index is 306. The Morgan fingerprint density at radius 3 is 2.12 bits per heavy atom. The van der Waals surface area contributed by atoms with Crippen molar-refractivity contribution in [2.75, 3.05) is 39.0 Å². The molecular formula is C11H23N2O2S. The highest BCUT2D eigenvalue weighted by Gasteiger charge is 2.27. The van der Waals surface area contributed by atoms with E-state index in [1.165, 1.54) is 0 Å². The predicted octanol–water partition coefficient (Wildman–Crippen LogP) is 0.670. The number of sulfonamides is 1. The first-order chi connectivity index (χ1) is 7.33. The van der Waals surface area contributed by atoms with Crippen LogP contribution in [0.25, 0.3) is 0 Å². The average molecular weight is 247 g/mol. The van der Waals surface area contributed by atoms with Gasteiger partial charge in [0.25, 0.3) is 0 Å². The highest BCUT2D eigenvalue weighted by molar-refractivity contribution is 7.89. The van der Waals surface area contributed by atoms with Crippen LogP contribution in [0.5, 0.6) is 0 Å². The van der Waals surface area contributed by atoms with Crippen LogP contribution in [0.2, 0.25) is 0 Å². The highest BCUT2D eigenvalue weighted by Crippen LogP contribution is 2.15. The lowest BCUT2D eigenvalue weighted by Crippen LogP contribution is -2.48. The lowest BCUT2D eigenvalue weighted by atomic mass is 10.0. The van der Waals surface area contributed by atoms with Gasteiger partial charge in [-0.1, -0.05) is 13.8 Å². The number of hydrogen-bond acceptors (Lipinski definition) is 3. The van der Waals surface area contributed by atoms with E-state index in [9.17, 15) is 8.42 Å². The highest BCUT2D eigenvalue weighted by atomic mass is 32.2. The zero-order valence-electron chi connectivity index (χ0n) is 10.5. The van der Waals surface area contributed by atoms with E-state index in [2.05, 4.69) is 11.8 Å². The van der Waals surface area contributed by atoms with Crippen LogP contribution in [0.15, 0.2) is 0 Å². The van der Waals surface area contributed by atoms with Crippen LogP contribution in [-0.2, 0) is 10.0 Å². The fourth-order valence-corrected chi connectivity index (χ4v) is 3.49. The molecule has 1 aliphatic heterocycles. The van der Waals surface area contributed by atoms with E-state index >= 15 is 0 Å². The van der Waals surface area contributed by atoms with Gasteiger partial charge in [0.05, 0.1) is 5.75 Å². The van der Waals surface area contributed by atoms with Crippen molar-refractivity contribution in [3.05, 3.63) is 6.92 Å². The fourth-order valence-electron chi connectivity index (χ4n) is 1.63. The lowest BCUT2D eigenvalue weighted by molar-refractivity contribution is 0.221. The summed E-state index contributed by atoms with van der Waals surface area (Å²) in [6.45, 7) is 10.8. The molecule has 1 fully saturated rings. The first kappa shape index (κ1) is 13.9. The maximum atomic E-state index is 12.1. The Kier molecular flexibility index (Phi) is 4.76. The van der Waals surface area contributed by atoms with E-state index in [1.807, 2.05) is 20.9 Å². The molecule has 1 saturated heterocycles. The minimum Gasteiger partial charge on any atom is -0.304 e. The number of piperazine rings is 1. The van der Waals surface area contributed by atoms with Gasteiger partial charge >= 0.3 is 0 Å². The second-order valence-corrected chi connectivity index (χ2v) is 7.00. The summed E-state index contributed by atoms with van der Waals surface area (Å²) < 4.78 is 25.8. The van der Waals surface area contributed by atoms with E-state index in [-0.39, 0.29) is 11.7 Å². The molecule has 0 aromatic rings. The molecule has 1 atom stereocenters. The maximum Gasteiger partial charge on any atom is 0.214 e. The second kappa shape index (κ2) is 5.47. The molecule has 0 bridgehead atoms. The maximum absolute atomic E-state index is 12.1. The third-order valence-corrected chi connectivity index (χ3v) is 5.22. The van der Waals surface area contributed by atoms with Crippen LogP contribution in [0, 0.1) is 18.8 Å². The molecule has 0 aliphatic carbocycles. The minimum absolute atomic E-state index is 0.0235. The zero-order chi connectivity index (χ0) is 12.3. The van der Waals surface area contributed by atoms with Crippen molar-refractivity contribution in [3.63, 3.8) is 0 Å². The molecule has 0 N–H and O–H groups in total. The smallest absolute Gasteiger partial charge is 0.214 e. The number of likely N-dealkylation sites (N-methyl/N-ethyl adjacent to an activating group) is 1. The van der Waals surface area contributed by atoms with Gasteiger partial charge in [0.15, 0.2) is 0 Å². The standard InChI is InChI=1S/C11H23N2O2S/c1-10(2)11(3)9-16(14,15)13-7-5-12(4)6-8-13/h10-11H,3,5-9H2,1-2,4H3. The van der Waals surface area contributed by atoms with Crippen LogP contribution in [0.1, 0.15) is 13.8 Å². The van der Waals surface area contributed by atoms with Crippen molar-refractivity contribution < 1.29 is 8.42 Å². The lowest BCUT2D eigenvalue weighted by Gasteiger charge is -2.32. The Morgan fingerprint density at radius 2 is 1.69 bits per heavy atom. The molecule has 0 spiro atoms. The largest absolute Gasteiger partial charge is 0.304 e. The molecule has 95 valence electrons. The van der Waals surface area contributed by atoms with Crippen molar-refractivity contribution in [1.29, 1.82) is 0 Å². The predicted molar refractivity (Wildman–Crippen MR) is 66.5 cm³/mol. The van der Waals surface area contributed by atoms with Crippen LogP contribution in [0.4, 0.5) is 0 Å². The molecule has 1 unspecified atom stereocenters. The summed E-state index contributed by atoms with van der Waals surface area (Å²) in [6, 6.07) is 0. The SMILES string of the molecule is [CH2]C(CS(=O)(=O)N1CCN(C)CC1)C(C)C. The summed E-state index contributed by atoms with van der Waals surface area (Å²) in [5.74, 6) is 0.459. The molecule has 4 nitrogen and oxygen atoms in total. The molecular weight excluding hydrogens is 224 g/mol.